The molecule has 0 atom stereocenters. The van der Waals surface area contributed by atoms with Gasteiger partial charge in [-0.05, 0) is 33.8 Å². The number of nitrogens with one attached hydrogen (secondary N) is 1. The molecule has 1 nitrogen and oxygen atoms in total. The maximum absolute atomic E-state index is 3.45. The topological polar surface area (TPSA) is 12.0 Å². The third kappa shape index (κ3) is 5.05. The van der Waals surface area contributed by atoms with Gasteiger partial charge in [-0.3, -0.25) is 0 Å². The fourth-order valence-corrected chi connectivity index (χ4v) is 2.98. The molecule has 0 amide bonds. The van der Waals surface area contributed by atoms with Gasteiger partial charge in [0, 0.05) is 23.7 Å². The van der Waals surface area contributed by atoms with Crippen LogP contribution in [0.3, 0.4) is 0 Å². The largest absolute Gasteiger partial charge is 0.311 e. The molecule has 1 heterocycles. The Kier molecular flexibility index (Phi) is 6.11. The van der Waals surface area contributed by atoms with E-state index in [9.17, 15) is 0 Å². The van der Waals surface area contributed by atoms with Gasteiger partial charge in [0.25, 0.3) is 0 Å². The molecular formula is C9H14BrNS2. The highest BCUT2D eigenvalue weighted by Gasteiger charge is 1.95. The van der Waals surface area contributed by atoms with Gasteiger partial charge in [0.05, 0.1) is 3.79 Å². The third-order valence-electron chi connectivity index (χ3n) is 1.56. The average molecular weight is 280 g/mol. The fraction of sp³-hybridized carbons (Fsp3) is 0.556. The minimum Gasteiger partial charge on any atom is -0.311 e. The van der Waals surface area contributed by atoms with Crippen LogP contribution in [0.15, 0.2) is 15.9 Å². The van der Waals surface area contributed by atoms with E-state index in [2.05, 4.69) is 40.3 Å². The van der Waals surface area contributed by atoms with E-state index in [1.54, 1.807) is 11.3 Å². The summed E-state index contributed by atoms with van der Waals surface area (Å²) in [5, 5.41) is 3.42. The van der Waals surface area contributed by atoms with Crippen molar-refractivity contribution in [2.45, 2.75) is 13.5 Å². The first-order valence-corrected chi connectivity index (χ1v) is 7.12. The molecule has 0 spiro atoms. The molecule has 1 aromatic rings. The molecule has 0 fully saturated rings. The van der Waals surface area contributed by atoms with E-state index < -0.39 is 0 Å². The summed E-state index contributed by atoms with van der Waals surface area (Å²) < 4.78 is 1.22. The lowest BCUT2D eigenvalue weighted by atomic mass is 10.4. The first-order chi connectivity index (χ1) is 6.33. The Morgan fingerprint density at radius 1 is 1.54 bits per heavy atom. The maximum atomic E-state index is 3.45. The summed E-state index contributed by atoms with van der Waals surface area (Å²) in [7, 11) is 0. The normalized spacial score (nSPS) is 10.6. The zero-order valence-corrected chi connectivity index (χ0v) is 10.9. The van der Waals surface area contributed by atoms with Crippen LogP contribution in [0.4, 0.5) is 0 Å². The molecule has 0 aliphatic heterocycles. The second-order valence-corrected chi connectivity index (χ2v) is 6.52. The van der Waals surface area contributed by atoms with Crippen LogP contribution in [-0.4, -0.2) is 18.1 Å². The Bertz CT molecular complexity index is 237. The van der Waals surface area contributed by atoms with E-state index in [0.717, 1.165) is 13.1 Å². The van der Waals surface area contributed by atoms with Crippen LogP contribution in [0.25, 0.3) is 0 Å². The molecule has 74 valence electrons. The summed E-state index contributed by atoms with van der Waals surface area (Å²) in [6, 6.07) is 4.26. The van der Waals surface area contributed by atoms with Crippen LogP contribution in [0.2, 0.25) is 0 Å². The maximum Gasteiger partial charge on any atom is 0.0701 e. The second-order valence-electron chi connectivity index (χ2n) is 2.58. The van der Waals surface area contributed by atoms with Gasteiger partial charge in [0.15, 0.2) is 0 Å². The van der Waals surface area contributed by atoms with Gasteiger partial charge in [-0.1, -0.05) is 6.92 Å². The summed E-state index contributed by atoms with van der Waals surface area (Å²) in [5.41, 5.74) is 0. The standard InChI is InChI=1S/C9H14BrNS2/c1-2-12-6-5-11-7-8-3-4-9(10)13-8/h3-4,11H,2,5-7H2,1H3. The molecule has 1 rings (SSSR count). The molecule has 0 unspecified atom stereocenters. The third-order valence-corrected chi connectivity index (χ3v) is 4.08. The highest BCUT2D eigenvalue weighted by atomic mass is 79.9. The van der Waals surface area contributed by atoms with Crippen LogP contribution in [0.5, 0.6) is 0 Å². The van der Waals surface area contributed by atoms with E-state index in [-0.39, 0.29) is 0 Å². The first kappa shape index (κ1) is 11.6. The Hall–Kier alpha value is 0.490. The lowest BCUT2D eigenvalue weighted by Crippen LogP contribution is -2.15. The van der Waals surface area contributed by atoms with Gasteiger partial charge < -0.3 is 5.32 Å². The van der Waals surface area contributed by atoms with Gasteiger partial charge in [-0.2, -0.15) is 11.8 Å². The predicted octanol–water partition coefficient (Wildman–Crippen LogP) is 3.35. The Balaban J connectivity index is 2.06. The molecule has 13 heavy (non-hydrogen) atoms. The van der Waals surface area contributed by atoms with Crippen molar-refractivity contribution < 1.29 is 0 Å². The average Bonchev–Trinajstić information content (AvgIpc) is 2.51. The molecule has 0 saturated heterocycles. The van der Waals surface area contributed by atoms with Gasteiger partial charge >= 0.3 is 0 Å². The number of thioether (sulfide) groups is 1. The minimum atomic E-state index is 1.00. The zero-order chi connectivity index (χ0) is 9.52. The van der Waals surface area contributed by atoms with Crippen molar-refractivity contribution in [3.8, 4) is 0 Å². The first-order valence-electron chi connectivity index (χ1n) is 4.35. The van der Waals surface area contributed by atoms with Crippen LogP contribution in [-0.2, 0) is 6.54 Å². The van der Waals surface area contributed by atoms with Crippen molar-refractivity contribution in [2.24, 2.45) is 0 Å². The zero-order valence-electron chi connectivity index (χ0n) is 7.68. The van der Waals surface area contributed by atoms with E-state index in [0.29, 0.717) is 0 Å². The van der Waals surface area contributed by atoms with Crippen molar-refractivity contribution in [1.82, 2.24) is 5.32 Å². The smallest absolute Gasteiger partial charge is 0.0701 e. The van der Waals surface area contributed by atoms with Crippen LogP contribution in [0, 0.1) is 0 Å². The highest BCUT2D eigenvalue weighted by Crippen LogP contribution is 2.21. The summed E-state index contributed by atoms with van der Waals surface area (Å²) >= 11 is 7.23. The Morgan fingerprint density at radius 3 is 3.00 bits per heavy atom. The number of hydrogen-bond acceptors (Lipinski definition) is 3. The Labute approximate surface area is 96.4 Å². The monoisotopic (exact) mass is 279 g/mol. The summed E-state index contributed by atoms with van der Waals surface area (Å²) in [6.45, 7) is 4.30. The predicted molar refractivity (Wildman–Crippen MR) is 66.7 cm³/mol. The van der Waals surface area contributed by atoms with Gasteiger partial charge in [0.1, 0.15) is 0 Å². The Morgan fingerprint density at radius 2 is 2.38 bits per heavy atom. The van der Waals surface area contributed by atoms with Crippen LogP contribution >= 0.6 is 39.0 Å². The van der Waals surface area contributed by atoms with Crippen molar-refractivity contribution in [1.29, 1.82) is 0 Å². The lowest BCUT2D eigenvalue weighted by Gasteiger charge is -2.01. The molecule has 0 aliphatic rings. The van der Waals surface area contributed by atoms with Gasteiger partial charge in [-0.25, -0.2) is 0 Å². The summed E-state index contributed by atoms with van der Waals surface area (Å²) in [4.78, 5) is 1.40. The molecule has 0 radical (unpaired) electrons. The summed E-state index contributed by atoms with van der Waals surface area (Å²) in [5.74, 6) is 2.43. The fourth-order valence-electron chi connectivity index (χ4n) is 0.947. The van der Waals surface area contributed by atoms with Crippen molar-refractivity contribution in [3.05, 3.63) is 20.8 Å². The second kappa shape index (κ2) is 6.87. The molecule has 0 aliphatic carbocycles. The van der Waals surface area contributed by atoms with Gasteiger partial charge in [0.2, 0.25) is 0 Å². The van der Waals surface area contributed by atoms with E-state index in [1.807, 2.05) is 11.8 Å². The van der Waals surface area contributed by atoms with Crippen molar-refractivity contribution in [2.75, 3.05) is 18.1 Å². The number of hydrogen-bond donors (Lipinski definition) is 1. The van der Waals surface area contributed by atoms with Crippen LogP contribution < -0.4 is 5.32 Å². The van der Waals surface area contributed by atoms with Crippen molar-refractivity contribution >= 4 is 39.0 Å². The lowest BCUT2D eigenvalue weighted by molar-refractivity contribution is 0.741. The molecule has 0 saturated carbocycles. The number of halogens is 1. The molecular weight excluding hydrogens is 266 g/mol. The minimum absolute atomic E-state index is 1.00. The van der Waals surface area contributed by atoms with E-state index in [4.69, 9.17) is 0 Å². The van der Waals surface area contributed by atoms with Crippen molar-refractivity contribution in [3.63, 3.8) is 0 Å². The molecule has 4 heteroatoms. The SMILES string of the molecule is CCSCCNCc1ccc(Br)s1. The number of thiophene rings is 1. The van der Waals surface area contributed by atoms with E-state index in [1.165, 1.54) is 20.2 Å². The molecule has 0 aromatic carbocycles. The number of rotatable bonds is 6. The molecule has 0 bridgehead atoms. The quantitative estimate of drug-likeness (QED) is 0.802. The molecule has 1 aromatic heterocycles. The van der Waals surface area contributed by atoms with Crippen LogP contribution in [0.1, 0.15) is 11.8 Å². The summed E-state index contributed by atoms with van der Waals surface area (Å²) in [6.07, 6.45) is 0. The highest BCUT2D eigenvalue weighted by molar-refractivity contribution is 9.11. The van der Waals surface area contributed by atoms with Gasteiger partial charge in [-0.15, -0.1) is 11.3 Å². The molecule has 1 N–H and O–H groups in total. The van der Waals surface area contributed by atoms with E-state index >= 15 is 0 Å².